The molecule has 0 bridgehead atoms. The first-order valence-corrected chi connectivity index (χ1v) is 7.92. The van der Waals surface area contributed by atoms with Crippen LogP contribution in [0.15, 0.2) is 24.3 Å². The number of nitrogens with zero attached hydrogens (tertiary/aromatic N) is 1. The van der Waals surface area contributed by atoms with E-state index in [1.165, 1.54) is 31.4 Å². The Morgan fingerprint density at radius 2 is 2.05 bits per heavy atom. The lowest BCUT2D eigenvalue weighted by Gasteiger charge is -2.28. The molecule has 1 fully saturated rings. The smallest absolute Gasteiger partial charge is 0.119 e. The first kappa shape index (κ1) is 15.3. The summed E-state index contributed by atoms with van der Waals surface area (Å²) in [4.78, 5) is 2.64. The van der Waals surface area contributed by atoms with Crippen LogP contribution >= 0.6 is 0 Å². The molecule has 0 radical (unpaired) electrons. The van der Waals surface area contributed by atoms with Crippen LogP contribution in [-0.2, 0) is 0 Å². The fourth-order valence-electron chi connectivity index (χ4n) is 3.16. The standard InChI is InChI=1S/C17H28N2O/c1-4-15-7-6-12-19(15)13-17(18-3)14-8-10-16(11-9-14)20-5-2/h8-11,15,17-18H,4-7,12-13H2,1-3H3. The summed E-state index contributed by atoms with van der Waals surface area (Å²) in [7, 11) is 2.05. The van der Waals surface area contributed by atoms with E-state index in [-0.39, 0.29) is 0 Å². The van der Waals surface area contributed by atoms with Crippen molar-refractivity contribution in [3.8, 4) is 5.75 Å². The van der Waals surface area contributed by atoms with E-state index in [0.717, 1.165) is 24.9 Å². The third-order valence-corrected chi connectivity index (χ3v) is 4.33. The van der Waals surface area contributed by atoms with Crippen molar-refractivity contribution in [2.75, 3.05) is 26.7 Å². The third kappa shape index (κ3) is 3.74. The molecule has 3 heteroatoms. The molecule has 20 heavy (non-hydrogen) atoms. The lowest BCUT2D eigenvalue weighted by Crippen LogP contribution is -2.36. The van der Waals surface area contributed by atoms with Crippen molar-refractivity contribution in [1.29, 1.82) is 0 Å². The van der Waals surface area contributed by atoms with E-state index in [2.05, 4.69) is 48.5 Å². The molecule has 3 nitrogen and oxygen atoms in total. The number of rotatable bonds is 7. The van der Waals surface area contributed by atoms with Gasteiger partial charge in [-0.15, -0.1) is 0 Å². The van der Waals surface area contributed by atoms with Gasteiger partial charge in [0, 0.05) is 18.6 Å². The van der Waals surface area contributed by atoms with Crippen LogP contribution in [0.5, 0.6) is 5.75 Å². The minimum absolute atomic E-state index is 0.401. The summed E-state index contributed by atoms with van der Waals surface area (Å²) in [5, 5.41) is 3.46. The highest BCUT2D eigenvalue weighted by molar-refractivity contribution is 5.29. The van der Waals surface area contributed by atoms with Gasteiger partial charge in [0.05, 0.1) is 6.61 Å². The van der Waals surface area contributed by atoms with E-state index in [4.69, 9.17) is 4.74 Å². The molecule has 1 saturated heterocycles. The number of nitrogens with one attached hydrogen (secondary N) is 1. The fraction of sp³-hybridized carbons (Fsp3) is 0.647. The van der Waals surface area contributed by atoms with Crippen LogP contribution in [-0.4, -0.2) is 37.7 Å². The SMILES string of the molecule is CCOc1ccc(C(CN2CCCC2CC)NC)cc1. The van der Waals surface area contributed by atoms with E-state index in [0.29, 0.717) is 6.04 Å². The second kappa shape index (κ2) is 7.65. The predicted molar refractivity (Wildman–Crippen MR) is 84.3 cm³/mol. The summed E-state index contributed by atoms with van der Waals surface area (Å²) in [6.07, 6.45) is 3.97. The van der Waals surface area contributed by atoms with Crippen molar-refractivity contribution >= 4 is 0 Å². The zero-order valence-corrected chi connectivity index (χ0v) is 13.1. The van der Waals surface area contributed by atoms with Gasteiger partial charge in [-0.1, -0.05) is 19.1 Å². The molecule has 1 N–H and O–H groups in total. The predicted octanol–water partition coefficient (Wildman–Crippen LogP) is 3.22. The Bertz CT molecular complexity index is 390. The second-order valence-electron chi connectivity index (χ2n) is 5.54. The number of likely N-dealkylation sites (N-methyl/N-ethyl adjacent to an activating group) is 1. The van der Waals surface area contributed by atoms with Gasteiger partial charge in [0.1, 0.15) is 5.75 Å². The van der Waals surface area contributed by atoms with Gasteiger partial charge in [0.2, 0.25) is 0 Å². The number of likely N-dealkylation sites (tertiary alicyclic amines) is 1. The van der Waals surface area contributed by atoms with Crippen LogP contribution in [0.2, 0.25) is 0 Å². The molecule has 1 heterocycles. The lowest BCUT2D eigenvalue weighted by atomic mass is 10.1. The highest BCUT2D eigenvalue weighted by Crippen LogP contribution is 2.24. The van der Waals surface area contributed by atoms with E-state index in [9.17, 15) is 0 Å². The van der Waals surface area contributed by atoms with Crippen LogP contribution in [0.3, 0.4) is 0 Å². The molecule has 0 aromatic heterocycles. The van der Waals surface area contributed by atoms with Gasteiger partial charge < -0.3 is 10.1 Å². The van der Waals surface area contributed by atoms with E-state index in [1.54, 1.807) is 0 Å². The molecule has 1 aromatic carbocycles. The number of hydrogen-bond donors (Lipinski definition) is 1. The molecule has 2 atom stereocenters. The maximum absolute atomic E-state index is 5.51. The van der Waals surface area contributed by atoms with E-state index >= 15 is 0 Å². The van der Waals surface area contributed by atoms with Gasteiger partial charge in [0.15, 0.2) is 0 Å². The molecule has 0 aliphatic carbocycles. The number of ether oxygens (including phenoxy) is 1. The quantitative estimate of drug-likeness (QED) is 0.827. The third-order valence-electron chi connectivity index (χ3n) is 4.33. The average Bonchev–Trinajstić information content (AvgIpc) is 2.93. The molecular formula is C17H28N2O. The van der Waals surface area contributed by atoms with Crippen molar-refractivity contribution in [1.82, 2.24) is 10.2 Å². The van der Waals surface area contributed by atoms with Crippen LogP contribution in [0.1, 0.15) is 44.7 Å². The molecule has 2 unspecified atom stereocenters. The second-order valence-corrected chi connectivity index (χ2v) is 5.54. The highest BCUT2D eigenvalue weighted by Gasteiger charge is 2.25. The normalized spacial score (nSPS) is 21.1. The molecule has 0 spiro atoms. The number of benzene rings is 1. The number of hydrogen-bond acceptors (Lipinski definition) is 3. The summed E-state index contributed by atoms with van der Waals surface area (Å²) in [5.41, 5.74) is 1.35. The molecule has 0 amide bonds. The van der Waals surface area contributed by atoms with Crippen molar-refractivity contribution < 1.29 is 4.74 Å². The largest absolute Gasteiger partial charge is 0.494 e. The highest BCUT2D eigenvalue weighted by atomic mass is 16.5. The zero-order chi connectivity index (χ0) is 14.4. The van der Waals surface area contributed by atoms with E-state index in [1.807, 2.05) is 6.92 Å². The summed E-state index contributed by atoms with van der Waals surface area (Å²) < 4.78 is 5.51. The zero-order valence-electron chi connectivity index (χ0n) is 13.1. The van der Waals surface area contributed by atoms with Gasteiger partial charge >= 0.3 is 0 Å². The van der Waals surface area contributed by atoms with Crippen LogP contribution < -0.4 is 10.1 Å². The Labute approximate surface area is 123 Å². The first-order chi connectivity index (χ1) is 9.78. The average molecular weight is 276 g/mol. The molecule has 1 aliphatic rings. The monoisotopic (exact) mass is 276 g/mol. The van der Waals surface area contributed by atoms with E-state index < -0.39 is 0 Å². The maximum Gasteiger partial charge on any atom is 0.119 e. The first-order valence-electron chi connectivity index (χ1n) is 7.92. The van der Waals surface area contributed by atoms with Crippen LogP contribution in [0.25, 0.3) is 0 Å². The summed E-state index contributed by atoms with van der Waals surface area (Å²) >= 11 is 0. The molecule has 112 valence electrons. The van der Waals surface area contributed by atoms with Gasteiger partial charge in [-0.05, 0) is 57.5 Å². The molecular weight excluding hydrogens is 248 g/mol. The van der Waals surface area contributed by atoms with Gasteiger partial charge in [-0.25, -0.2) is 0 Å². The Morgan fingerprint density at radius 3 is 2.65 bits per heavy atom. The fourth-order valence-corrected chi connectivity index (χ4v) is 3.16. The Morgan fingerprint density at radius 1 is 1.30 bits per heavy atom. The molecule has 1 aliphatic heterocycles. The topological polar surface area (TPSA) is 24.5 Å². The van der Waals surface area contributed by atoms with Crippen molar-refractivity contribution in [3.63, 3.8) is 0 Å². The Hall–Kier alpha value is -1.06. The Balaban J connectivity index is 2.00. The van der Waals surface area contributed by atoms with Crippen molar-refractivity contribution in [2.45, 2.75) is 45.2 Å². The molecule has 2 rings (SSSR count). The van der Waals surface area contributed by atoms with Gasteiger partial charge in [-0.3, -0.25) is 4.90 Å². The summed E-state index contributed by atoms with van der Waals surface area (Å²) in [6.45, 7) is 7.38. The maximum atomic E-state index is 5.51. The molecule has 1 aromatic rings. The summed E-state index contributed by atoms with van der Waals surface area (Å²) in [5.74, 6) is 0.957. The lowest BCUT2D eigenvalue weighted by molar-refractivity contribution is 0.224. The van der Waals surface area contributed by atoms with Gasteiger partial charge in [-0.2, -0.15) is 0 Å². The minimum atomic E-state index is 0.401. The minimum Gasteiger partial charge on any atom is -0.494 e. The van der Waals surface area contributed by atoms with Crippen LogP contribution in [0, 0.1) is 0 Å². The van der Waals surface area contributed by atoms with Crippen molar-refractivity contribution in [3.05, 3.63) is 29.8 Å². The van der Waals surface area contributed by atoms with Gasteiger partial charge in [0.25, 0.3) is 0 Å². The Kier molecular flexibility index (Phi) is 5.86. The van der Waals surface area contributed by atoms with Crippen LogP contribution in [0.4, 0.5) is 0 Å². The van der Waals surface area contributed by atoms with Crippen molar-refractivity contribution in [2.24, 2.45) is 0 Å². The molecule has 0 saturated carbocycles. The summed E-state index contributed by atoms with van der Waals surface area (Å²) in [6, 6.07) is 9.69.